The summed E-state index contributed by atoms with van der Waals surface area (Å²) in [5.41, 5.74) is 0.115. The molecule has 0 aromatic heterocycles. The molecule has 0 aliphatic carbocycles. The molecule has 0 saturated carbocycles. The van der Waals surface area contributed by atoms with Crippen molar-refractivity contribution < 1.29 is 24.0 Å². The highest BCUT2D eigenvalue weighted by atomic mass is 16.6. The first-order valence-corrected chi connectivity index (χ1v) is 8.23. The largest absolute Gasteiger partial charge is 0.487 e. The van der Waals surface area contributed by atoms with Gasteiger partial charge in [0.15, 0.2) is 5.75 Å². The third kappa shape index (κ3) is 4.81. The molecule has 0 saturated heterocycles. The molecule has 0 radical (unpaired) electrons. The number of esters is 1. The molecule has 0 fully saturated rings. The molecule has 0 bridgehead atoms. The Balaban J connectivity index is 2.33. The van der Waals surface area contributed by atoms with Gasteiger partial charge in [-0.2, -0.15) is 0 Å². The van der Waals surface area contributed by atoms with E-state index in [1.807, 2.05) is 0 Å². The molecule has 0 N–H and O–H groups in total. The molecule has 8 nitrogen and oxygen atoms in total. The van der Waals surface area contributed by atoms with Crippen LogP contribution in [0.25, 0.3) is 0 Å². The number of likely N-dealkylation sites (N-methyl/N-ethyl adjacent to an activating group) is 1. The summed E-state index contributed by atoms with van der Waals surface area (Å²) >= 11 is 0. The van der Waals surface area contributed by atoms with Crippen molar-refractivity contribution in [1.29, 1.82) is 0 Å². The van der Waals surface area contributed by atoms with Gasteiger partial charge in [0.1, 0.15) is 0 Å². The molecule has 0 unspecified atom stereocenters. The van der Waals surface area contributed by atoms with Crippen molar-refractivity contribution in [2.24, 2.45) is 0 Å². The smallest absolute Gasteiger partial charge is 0.339 e. The first kappa shape index (κ1) is 19.9. The molecule has 142 valence electrons. The zero-order chi connectivity index (χ0) is 20.0. The molecule has 0 aliphatic heterocycles. The molecule has 1 amide bonds. The Morgan fingerprint density at radius 1 is 1.15 bits per heavy atom. The van der Waals surface area contributed by atoms with Crippen LogP contribution < -0.4 is 4.74 Å². The number of rotatable bonds is 7. The Kier molecular flexibility index (Phi) is 6.48. The van der Waals surface area contributed by atoms with E-state index in [0.717, 1.165) is 6.07 Å². The molecule has 1 atom stereocenters. The monoisotopic (exact) mass is 372 g/mol. The molecule has 8 heteroatoms. The van der Waals surface area contributed by atoms with Crippen LogP contribution in [0.4, 0.5) is 5.69 Å². The Morgan fingerprint density at radius 3 is 2.37 bits per heavy atom. The molecule has 2 rings (SSSR count). The van der Waals surface area contributed by atoms with E-state index in [4.69, 9.17) is 9.47 Å². The van der Waals surface area contributed by atoms with Crippen LogP contribution in [0.3, 0.4) is 0 Å². The van der Waals surface area contributed by atoms with Crippen molar-refractivity contribution >= 4 is 17.6 Å². The number of hydrogen-bond acceptors (Lipinski definition) is 6. The van der Waals surface area contributed by atoms with Crippen LogP contribution in [-0.4, -0.2) is 42.4 Å². The molecular weight excluding hydrogens is 352 g/mol. The maximum absolute atomic E-state index is 12.5. The van der Waals surface area contributed by atoms with Gasteiger partial charge in [0.05, 0.1) is 17.1 Å². The normalized spacial score (nSPS) is 11.4. The van der Waals surface area contributed by atoms with Gasteiger partial charge in [-0.25, -0.2) is 4.79 Å². The number of nitro benzene ring substituents is 1. The molecule has 27 heavy (non-hydrogen) atoms. The van der Waals surface area contributed by atoms with Crippen molar-refractivity contribution in [3.8, 4) is 5.75 Å². The summed E-state index contributed by atoms with van der Waals surface area (Å²) in [6, 6.07) is 12.3. The van der Waals surface area contributed by atoms with Crippen LogP contribution in [0.15, 0.2) is 48.5 Å². The van der Waals surface area contributed by atoms with Crippen LogP contribution in [0.2, 0.25) is 0 Å². The van der Waals surface area contributed by atoms with Gasteiger partial charge in [-0.3, -0.25) is 14.9 Å². The van der Waals surface area contributed by atoms with Crippen molar-refractivity contribution in [3.63, 3.8) is 0 Å². The maximum Gasteiger partial charge on any atom is 0.339 e. The predicted molar refractivity (Wildman–Crippen MR) is 97.6 cm³/mol. The van der Waals surface area contributed by atoms with Crippen molar-refractivity contribution in [3.05, 3.63) is 69.8 Å². The average Bonchev–Trinajstić information content (AvgIpc) is 2.66. The van der Waals surface area contributed by atoms with Crippen LogP contribution in [0.5, 0.6) is 5.75 Å². The van der Waals surface area contributed by atoms with E-state index in [1.165, 1.54) is 17.0 Å². The van der Waals surface area contributed by atoms with Gasteiger partial charge in [0.25, 0.3) is 5.91 Å². The van der Waals surface area contributed by atoms with Gasteiger partial charge in [-0.1, -0.05) is 30.3 Å². The lowest BCUT2D eigenvalue weighted by molar-refractivity contribution is -0.385. The zero-order valence-corrected chi connectivity index (χ0v) is 15.2. The third-order valence-corrected chi connectivity index (χ3v) is 3.68. The second-order valence-corrected chi connectivity index (χ2v) is 5.80. The molecule has 0 spiro atoms. The SMILES string of the molecule is CCOc1ccc(C(=O)O[C@@H](C(=O)N(C)C)c2ccccc2)cc1[N+](=O)[O-]. The lowest BCUT2D eigenvalue weighted by Gasteiger charge is -2.21. The maximum atomic E-state index is 12.5. The molecule has 0 heterocycles. The first-order chi connectivity index (χ1) is 12.8. The molecule has 2 aromatic carbocycles. The fourth-order valence-corrected chi connectivity index (χ4v) is 2.36. The summed E-state index contributed by atoms with van der Waals surface area (Å²) < 4.78 is 10.6. The lowest BCUT2D eigenvalue weighted by atomic mass is 10.1. The van der Waals surface area contributed by atoms with Gasteiger partial charge in [0, 0.05) is 25.7 Å². The minimum atomic E-state index is -1.15. The van der Waals surface area contributed by atoms with Crippen molar-refractivity contribution in [1.82, 2.24) is 4.90 Å². The predicted octanol–water partition coefficient (Wildman–Crippen LogP) is 2.98. The second-order valence-electron chi connectivity index (χ2n) is 5.80. The summed E-state index contributed by atoms with van der Waals surface area (Å²) in [6.45, 7) is 1.95. The van der Waals surface area contributed by atoms with E-state index in [1.54, 1.807) is 51.4 Å². The van der Waals surface area contributed by atoms with Crippen LogP contribution in [0.1, 0.15) is 28.9 Å². The van der Waals surface area contributed by atoms with Crippen molar-refractivity contribution in [2.75, 3.05) is 20.7 Å². The number of nitrogens with zero attached hydrogens (tertiary/aromatic N) is 2. The van der Waals surface area contributed by atoms with Crippen molar-refractivity contribution in [2.45, 2.75) is 13.0 Å². The van der Waals surface area contributed by atoms with E-state index in [2.05, 4.69) is 0 Å². The van der Waals surface area contributed by atoms with E-state index >= 15 is 0 Å². The standard InChI is InChI=1S/C19H20N2O6/c1-4-26-16-11-10-14(12-15(16)21(24)25)19(23)27-17(18(22)20(2)3)13-8-6-5-7-9-13/h5-12,17H,4H2,1-3H3/t17-/m1/s1. The first-order valence-electron chi connectivity index (χ1n) is 8.23. The van der Waals surface area contributed by atoms with E-state index < -0.39 is 22.9 Å². The summed E-state index contributed by atoms with van der Waals surface area (Å²) in [5, 5.41) is 11.2. The van der Waals surface area contributed by atoms with Crippen LogP contribution in [-0.2, 0) is 9.53 Å². The molecule has 0 aliphatic rings. The fraction of sp³-hybridized carbons (Fsp3) is 0.263. The van der Waals surface area contributed by atoms with Crippen LogP contribution in [0, 0.1) is 10.1 Å². The number of amides is 1. The second kappa shape index (κ2) is 8.79. The molecule has 2 aromatic rings. The van der Waals surface area contributed by atoms with Gasteiger partial charge in [-0.15, -0.1) is 0 Å². The van der Waals surface area contributed by atoms with E-state index in [9.17, 15) is 19.7 Å². The van der Waals surface area contributed by atoms with Gasteiger partial charge in [0.2, 0.25) is 6.10 Å². The zero-order valence-electron chi connectivity index (χ0n) is 15.2. The topological polar surface area (TPSA) is 99.0 Å². The highest BCUT2D eigenvalue weighted by Crippen LogP contribution is 2.29. The van der Waals surface area contributed by atoms with Gasteiger partial charge >= 0.3 is 11.7 Å². The number of ether oxygens (including phenoxy) is 2. The van der Waals surface area contributed by atoms with Gasteiger partial charge in [-0.05, 0) is 19.1 Å². The fourth-order valence-electron chi connectivity index (χ4n) is 2.36. The minimum absolute atomic E-state index is 0.0439. The lowest BCUT2D eigenvalue weighted by Crippen LogP contribution is -2.31. The Morgan fingerprint density at radius 2 is 1.81 bits per heavy atom. The third-order valence-electron chi connectivity index (χ3n) is 3.68. The minimum Gasteiger partial charge on any atom is -0.487 e. The highest BCUT2D eigenvalue weighted by Gasteiger charge is 2.28. The number of carbonyl (C=O) groups is 2. The Labute approximate surface area is 156 Å². The number of hydrogen-bond donors (Lipinski definition) is 0. The van der Waals surface area contributed by atoms with E-state index in [0.29, 0.717) is 5.56 Å². The Bertz CT molecular complexity index is 835. The summed E-state index contributed by atoms with van der Waals surface area (Å²) in [5.74, 6) is -1.21. The number of carbonyl (C=O) groups excluding carboxylic acids is 2. The molecular formula is C19H20N2O6. The summed E-state index contributed by atoms with van der Waals surface area (Å²) in [4.78, 5) is 36.9. The summed E-state index contributed by atoms with van der Waals surface area (Å²) in [6.07, 6.45) is -1.15. The highest BCUT2D eigenvalue weighted by molar-refractivity contribution is 5.93. The number of nitro groups is 1. The average molecular weight is 372 g/mol. The Hall–Kier alpha value is -3.42. The number of benzene rings is 2. The van der Waals surface area contributed by atoms with Crippen LogP contribution >= 0.6 is 0 Å². The van der Waals surface area contributed by atoms with E-state index in [-0.39, 0.29) is 23.6 Å². The quantitative estimate of drug-likeness (QED) is 0.421. The summed E-state index contributed by atoms with van der Waals surface area (Å²) in [7, 11) is 3.10. The van der Waals surface area contributed by atoms with Gasteiger partial charge < -0.3 is 14.4 Å².